The van der Waals surface area contributed by atoms with Crippen molar-refractivity contribution in [2.24, 2.45) is 0 Å². The monoisotopic (exact) mass is 327 g/mol. The zero-order valence-electron chi connectivity index (χ0n) is 13.6. The van der Waals surface area contributed by atoms with Crippen LogP contribution in [-0.2, 0) is 11.2 Å². The number of amides is 1. The number of carbonyl (C=O) groups is 1. The van der Waals surface area contributed by atoms with Crippen molar-refractivity contribution >= 4 is 23.0 Å². The summed E-state index contributed by atoms with van der Waals surface area (Å²) >= 11 is 0. The van der Waals surface area contributed by atoms with Gasteiger partial charge in [0, 0.05) is 17.1 Å². The van der Waals surface area contributed by atoms with Crippen molar-refractivity contribution in [2.45, 2.75) is 6.42 Å². The molecule has 0 saturated heterocycles. The van der Waals surface area contributed by atoms with Gasteiger partial charge in [0.25, 0.3) is 0 Å². The van der Waals surface area contributed by atoms with E-state index in [9.17, 15) is 4.79 Å². The van der Waals surface area contributed by atoms with Crippen LogP contribution in [0.4, 0.5) is 17.1 Å². The van der Waals surface area contributed by atoms with Gasteiger partial charge < -0.3 is 10.6 Å². The molecule has 1 amide bonds. The smallest absolute Gasteiger partial charge is 0.228 e. The van der Waals surface area contributed by atoms with Crippen molar-refractivity contribution in [3.05, 3.63) is 90.0 Å². The van der Waals surface area contributed by atoms with E-state index in [1.807, 2.05) is 66.7 Å². The Morgan fingerprint density at radius 1 is 0.840 bits per heavy atom. The number of anilines is 3. The van der Waals surface area contributed by atoms with Crippen molar-refractivity contribution in [3.63, 3.8) is 0 Å². The Morgan fingerprint density at radius 3 is 2.28 bits per heavy atom. The predicted molar refractivity (Wildman–Crippen MR) is 99.7 cm³/mol. The molecular formula is C21H17N3O. The van der Waals surface area contributed by atoms with Crippen molar-refractivity contribution in [3.8, 4) is 6.07 Å². The lowest BCUT2D eigenvalue weighted by atomic mass is 10.1. The lowest BCUT2D eigenvalue weighted by Crippen LogP contribution is -2.14. The van der Waals surface area contributed by atoms with E-state index in [2.05, 4.69) is 16.7 Å². The maximum Gasteiger partial charge on any atom is 0.228 e. The molecule has 0 aliphatic heterocycles. The Hall–Kier alpha value is -3.58. The van der Waals surface area contributed by atoms with Crippen molar-refractivity contribution < 1.29 is 4.79 Å². The van der Waals surface area contributed by atoms with Crippen LogP contribution in [0.1, 0.15) is 11.1 Å². The number of carbonyl (C=O) groups excluding carboxylic acids is 1. The molecule has 0 aliphatic rings. The number of hydrogen-bond acceptors (Lipinski definition) is 3. The van der Waals surface area contributed by atoms with Crippen LogP contribution in [0.3, 0.4) is 0 Å². The van der Waals surface area contributed by atoms with Crippen molar-refractivity contribution in [2.75, 3.05) is 10.6 Å². The SMILES string of the molecule is N#Cc1cccc(Nc2ccc(NC(=O)Cc3ccccc3)cc2)c1. The van der Waals surface area contributed by atoms with E-state index in [0.29, 0.717) is 12.0 Å². The number of benzene rings is 3. The molecule has 0 radical (unpaired) electrons. The van der Waals surface area contributed by atoms with Crippen molar-refractivity contribution in [1.29, 1.82) is 5.26 Å². The zero-order chi connectivity index (χ0) is 17.5. The summed E-state index contributed by atoms with van der Waals surface area (Å²) < 4.78 is 0. The molecule has 25 heavy (non-hydrogen) atoms. The van der Waals surface area contributed by atoms with E-state index >= 15 is 0 Å². The summed E-state index contributed by atoms with van der Waals surface area (Å²) in [6, 6.07) is 26.5. The van der Waals surface area contributed by atoms with Crippen LogP contribution in [0, 0.1) is 11.3 Å². The first kappa shape index (κ1) is 16.3. The van der Waals surface area contributed by atoms with E-state index in [0.717, 1.165) is 22.6 Å². The summed E-state index contributed by atoms with van der Waals surface area (Å²) in [6.45, 7) is 0. The number of nitrogens with zero attached hydrogens (tertiary/aromatic N) is 1. The molecule has 0 unspecified atom stereocenters. The largest absolute Gasteiger partial charge is 0.355 e. The third-order valence-corrected chi connectivity index (χ3v) is 3.66. The van der Waals surface area contributed by atoms with Gasteiger partial charge in [0.15, 0.2) is 0 Å². The predicted octanol–water partition coefficient (Wildman–Crippen LogP) is 4.48. The summed E-state index contributed by atoms with van der Waals surface area (Å²) in [5.74, 6) is -0.0476. The van der Waals surface area contributed by atoms with E-state index in [1.54, 1.807) is 12.1 Å². The molecule has 3 aromatic carbocycles. The van der Waals surface area contributed by atoms with Gasteiger partial charge in [-0.2, -0.15) is 5.26 Å². The van der Waals surface area contributed by atoms with E-state index < -0.39 is 0 Å². The fraction of sp³-hybridized carbons (Fsp3) is 0.0476. The summed E-state index contributed by atoms with van der Waals surface area (Å²) in [7, 11) is 0. The topological polar surface area (TPSA) is 64.9 Å². The molecule has 0 aromatic heterocycles. The van der Waals surface area contributed by atoms with Gasteiger partial charge in [0.05, 0.1) is 18.1 Å². The second kappa shape index (κ2) is 7.80. The maximum atomic E-state index is 12.1. The lowest BCUT2D eigenvalue weighted by Gasteiger charge is -2.09. The van der Waals surface area contributed by atoms with E-state index in [-0.39, 0.29) is 5.91 Å². The molecule has 3 aromatic rings. The van der Waals surface area contributed by atoms with Crippen LogP contribution in [-0.4, -0.2) is 5.91 Å². The summed E-state index contributed by atoms with van der Waals surface area (Å²) in [6.07, 6.45) is 0.349. The first-order valence-corrected chi connectivity index (χ1v) is 7.94. The van der Waals surface area contributed by atoms with Crippen LogP contribution in [0.25, 0.3) is 0 Å². The maximum absolute atomic E-state index is 12.1. The molecular weight excluding hydrogens is 310 g/mol. The Kier molecular flexibility index (Phi) is 5.08. The zero-order valence-corrected chi connectivity index (χ0v) is 13.6. The molecule has 0 saturated carbocycles. The molecule has 0 fully saturated rings. The van der Waals surface area contributed by atoms with Crippen LogP contribution in [0.15, 0.2) is 78.9 Å². The van der Waals surface area contributed by atoms with Crippen LogP contribution in [0.2, 0.25) is 0 Å². The van der Waals surface area contributed by atoms with Gasteiger partial charge in [0.1, 0.15) is 0 Å². The molecule has 0 spiro atoms. The minimum absolute atomic E-state index is 0.0476. The molecule has 0 aliphatic carbocycles. The molecule has 4 nitrogen and oxygen atoms in total. The van der Waals surface area contributed by atoms with Gasteiger partial charge in [0.2, 0.25) is 5.91 Å². The summed E-state index contributed by atoms with van der Waals surface area (Å²) in [4.78, 5) is 12.1. The molecule has 0 atom stereocenters. The Balaban J connectivity index is 1.60. The number of rotatable bonds is 5. The second-order valence-electron chi connectivity index (χ2n) is 5.61. The third kappa shape index (κ3) is 4.69. The Morgan fingerprint density at radius 2 is 1.56 bits per heavy atom. The fourth-order valence-electron chi connectivity index (χ4n) is 2.46. The normalized spacial score (nSPS) is 9.88. The van der Waals surface area contributed by atoms with Crippen LogP contribution < -0.4 is 10.6 Å². The minimum Gasteiger partial charge on any atom is -0.355 e. The summed E-state index contributed by atoms with van der Waals surface area (Å²) in [5, 5.41) is 15.1. The molecule has 122 valence electrons. The van der Waals surface area contributed by atoms with Gasteiger partial charge >= 0.3 is 0 Å². The van der Waals surface area contributed by atoms with Gasteiger partial charge in [-0.15, -0.1) is 0 Å². The number of nitrogens with one attached hydrogen (secondary N) is 2. The number of hydrogen-bond donors (Lipinski definition) is 2. The lowest BCUT2D eigenvalue weighted by molar-refractivity contribution is -0.115. The highest BCUT2D eigenvalue weighted by Crippen LogP contribution is 2.20. The third-order valence-electron chi connectivity index (χ3n) is 3.66. The highest BCUT2D eigenvalue weighted by molar-refractivity contribution is 5.92. The molecule has 3 rings (SSSR count). The minimum atomic E-state index is -0.0476. The van der Waals surface area contributed by atoms with Gasteiger partial charge in [-0.25, -0.2) is 0 Å². The molecule has 0 heterocycles. The highest BCUT2D eigenvalue weighted by Gasteiger charge is 2.04. The standard InChI is InChI=1S/C21H17N3O/c22-15-17-7-4-8-20(13-17)23-18-9-11-19(12-10-18)24-21(25)14-16-5-2-1-3-6-16/h1-13,23H,14H2,(H,24,25). The van der Waals surface area contributed by atoms with Gasteiger partial charge in [-0.3, -0.25) is 4.79 Å². The fourth-order valence-corrected chi connectivity index (χ4v) is 2.46. The van der Waals surface area contributed by atoms with E-state index in [4.69, 9.17) is 5.26 Å². The number of nitriles is 1. The van der Waals surface area contributed by atoms with Crippen molar-refractivity contribution in [1.82, 2.24) is 0 Å². The molecule has 0 bridgehead atoms. The van der Waals surface area contributed by atoms with Gasteiger partial charge in [-0.05, 0) is 48.0 Å². The second-order valence-corrected chi connectivity index (χ2v) is 5.61. The average Bonchev–Trinajstić information content (AvgIpc) is 2.64. The summed E-state index contributed by atoms with van der Waals surface area (Å²) in [5.41, 5.74) is 4.07. The highest BCUT2D eigenvalue weighted by atomic mass is 16.1. The quantitative estimate of drug-likeness (QED) is 0.726. The van der Waals surface area contributed by atoms with E-state index in [1.165, 1.54) is 0 Å². The Labute approximate surface area is 146 Å². The first-order chi connectivity index (χ1) is 12.2. The van der Waals surface area contributed by atoms with Crippen LogP contribution in [0.5, 0.6) is 0 Å². The first-order valence-electron chi connectivity index (χ1n) is 7.94. The van der Waals surface area contributed by atoms with Crippen LogP contribution >= 0.6 is 0 Å². The average molecular weight is 327 g/mol. The Bertz CT molecular complexity index is 896. The van der Waals surface area contributed by atoms with Gasteiger partial charge in [-0.1, -0.05) is 36.4 Å². The molecule has 4 heteroatoms. The molecule has 2 N–H and O–H groups in total.